The zero-order valence-corrected chi connectivity index (χ0v) is 13.6. The predicted molar refractivity (Wildman–Crippen MR) is 90.3 cm³/mol. The van der Waals surface area contributed by atoms with E-state index in [9.17, 15) is 4.79 Å². The lowest BCUT2D eigenvalue weighted by atomic mass is 10.1. The van der Waals surface area contributed by atoms with E-state index in [0.717, 1.165) is 22.3 Å². The third-order valence-electron chi connectivity index (χ3n) is 3.13. The predicted octanol–water partition coefficient (Wildman–Crippen LogP) is 3.74. The Morgan fingerprint density at radius 1 is 1.10 bits per heavy atom. The van der Waals surface area contributed by atoms with E-state index in [2.05, 4.69) is 32.6 Å². The van der Waals surface area contributed by atoms with E-state index in [-0.39, 0.29) is 5.91 Å². The number of likely N-dealkylation sites (N-methyl/N-ethyl adjacent to an activating group) is 1. The topological polar surface area (TPSA) is 41.1 Å². The molecule has 2 aromatic rings. The average Bonchev–Trinajstić information content (AvgIpc) is 2.48. The highest BCUT2D eigenvalue weighted by molar-refractivity contribution is 9.10. The monoisotopic (exact) mass is 346 g/mol. The first-order valence-corrected chi connectivity index (χ1v) is 7.81. The van der Waals surface area contributed by atoms with Crippen LogP contribution in [-0.2, 0) is 17.8 Å². The summed E-state index contributed by atoms with van der Waals surface area (Å²) in [5, 5.41) is 6.18. The van der Waals surface area contributed by atoms with Gasteiger partial charge >= 0.3 is 0 Å². The fraction of sp³-hybridized carbons (Fsp3) is 0.235. The summed E-state index contributed by atoms with van der Waals surface area (Å²) in [5.74, 6) is 0.0615. The Hall–Kier alpha value is -1.81. The van der Waals surface area contributed by atoms with E-state index in [1.165, 1.54) is 5.56 Å². The molecular weight excluding hydrogens is 328 g/mol. The quantitative estimate of drug-likeness (QED) is 0.836. The van der Waals surface area contributed by atoms with Crippen LogP contribution in [-0.4, -0.2) is 12.5 Å². The minimum Gasteiger partial charge on any atom is -0.381 e. The van der Waals surface area contributed by atoms with E-state index in [1.807, 2.05) is 49.4 Å². The molecule has 1 amide bonds. The molecule has 0 unspecified atom stereocenters. The van der Waals surface area contributed by atoms with Crippen molar-refractivity contribution < 1.29 is 4.79 Å². The summed E-state index contributed by atoms with van der Waals surface area (Å²) in [6, 6.07) is 16.1. The van der Waals surface area contributed by atoms with Gasteiger partial charge in [0.25, 0.3) is 0 Å². The van der Waals surface area contributed by atoms with Crippen molar-refractivity contribution >= 4 is 27.5 Å². The Bertz CT molecular complexity index is 596. The van der Waals surface area contributed by atoms with Gasteiger partial charge in [0.1, 0.15) is 0 Å². The first-order chi connectivity index (χ1) is 10.2. The van der Waals surface area contributed by atoms with Gasteiger partial charge in [-0.3, -0.25) is 4.79 Å². The van der Waals surface area contributed by atoms with E-state index in [0.29, 0.717) is 13.0 Å². The van der Waals surface area contributed by atoms with Crippen molar-refractivity contribution in [3.05, 3.63) is 64.1 Å². The molecule has 2 aromatic carbocycles. The molecule has 0 fully saturated rings. The standard InChI is InChI=1S/C17H19BrN2O/c1-2-19-17(21)11-13-7-9-15(10-8-13)20-12-14-5-3-4-6-16(14)18/h3-10,20H,2,11-12H2,1H3,(H,19,21). The molecule has 3 nitrogen and oxygen atoms in total. The van der Waals surface area contributed by atoms with E-state index < -0.39 is 0 Å². The van der Waals surface area contributed by atoms with Crippen LogP contribution >= 0.6 is 15.9 Å². The van der Waals surface area contributed by atoms with Crippen molar-refractivity contribution in [3.63, 3.8) is 0 Å². The van der Waals surface area contributed by atoms with Crippen LogP contribution < -0.4 is 10.6 Å². The van der Waals surface area contributed by atoms with Gasteiger partial charge in [-0.1, -0.05) is 46.3 Å². The lowest BCUT2D eigenvalue weighted by Gasteiger charge is -2.09. The normalized spacial score (nSPS) is 10.2. The molecule has 0 aliphatic carbocycles. The maximum absolute atomic E-state index is 11.5. The van der Waals surface area contributed by atoms with Crippen LogP contribution in [0.2, 0.25) is 0 Å². The molecule has 4 heteroatoms. The van der Waals surface area contributed by atoms with Crippen molar-refractivity contribution in [2.24, 2.45) is 0 Å². The summed E-state index contributed by atoms with van der Waals surface area (Å²) >= 11 is 3.54. The van der Waals surface area contributed by atoms with Crippen LogP contribution in [0, 0.1) is 0 Å². The maximum atomic E-state index is 11.5. The molecular formula is C17H19BrN2O. The molecule has 0 saturated heterocycles. The molecule has 0 aliphatic rings. The van der Waals surface area contributed by atoms with Crippen LogP contribution in [0.15, 0.2) is 53.0 Å². The number of amides is 1. The summed E-state index contributed by atoms with van der Waals surface area (Å²) in [7, 11) is 0. The number of benzene rings is 2. The molecule has 2 N–H and O–H groups in total. The largest absolute Gasteiger partial charge is 0.381 e. The fourth-order valence-corrected chi connectivity index (χ4v) is 2.45. The molecule has 0 aliphatic heterocycles. The van der Waals surface area contributed by atoms with Gasteiger partial charge in [-0.05, 0) is 36.2 Å². The molecule has 0 spiro atoms. The SMILES string of the molecule is CCNC(=O)Cc1ccc(NCc2ccccc2Br)cc1. The first kappa shape index (κ1) is 15.6. The molecule has 0 aromatic heterocycles. The van der Waals surface area contributed by atoms with E-state index in [1.54, 1.807) is 0 Å². The Morgan fingerprint density at radius 3 is 2.48 bits per heavy atom. The lowest BCUT2D eigenvalue weighted by molar-refractivity contribution is -0.120. The van der Waals surface area contributed by atoms with E-state index in [4.69, 9.17) is 0 Å². The van der Waals surface area contributed by atoms with Gasteiger partial charge < -0.3 is 10.6 Å². The number of rotatable bonds is 6. The van der Waals surface area contributed by atoms with Crippen LogP contribution in [0.5, 0.6) is 0 Å². The van der Waals surface area contributed by atoms with Gasteiger partial charge in [0.05, 0.1) is 6.42 Å². The molecule has 0 bridgehead atoms. The Morgan fingerprint density at radius 2 is 1.81 bits per heavy atom. The smallest absolute Gasteiger partial charge is 0.224 e. The third kappa shape index (κ3) is 4.90. The number of nitrogens with one attached hydrogen (secondary N) is 2. The van der Waals surface area contributed by atoms with Crippen LogP contribution in [0.4, 0.5) is 5.69 Å². The fourth-order valence-electron chi connectivity index (χ4n) is 2.02. The number of hydrogen-bond donors (Lipinski definition) is 2. The van der Waals surface area contributed by atoms with Crippen LogP contribution in [0.25, 0.3) is 0 Å². The highest BCUT2D eigenvalue weighted by atomic mass is 79.9. The number of halogens is 1. The van der Waals surface area contributed by atoms with Gasteiger partial charge in [0.15, 0.2) is 0 Å². The van der Waals surface area contributed by atoms with Crippen LogP contribution in [0.3, 0.4) is 0 Å². The number of carbonyl (C=O) groups excluding carboxylic acids is 1. The molecule has 21 heavy (non-hydrogen) atoms. The second-order valence-electron chi connectivity index (χ2n) is 4.77. The summed E-state index contributed by atoms with van der Waals surface area (Å²) < 4.78 is 1.10. The Kier molecular flexibility index (Phi) is 5.81. The summed E-state index contributed by atoms with van der Waals surface area (Å²) in [6.45, 7) is 3.36. The van der Waals surface area contributed by atoms with Gasteiger partial charge in [0.2, 0.25) is 5.91 Å². The lowest BCUT2D eigenvalue weighted by Crippen LogP contribution is -2.24. The Labute approximate surface area is 133 Å². The maximum Gasteiger partial charge on any atom is 0.224 e. The summed E-state index contributed by atoms with van der Waals surface area (Å²) in [5.41, 5.74) is 3.28. The third-order valence-corrected chi connectivity index (χ3v) is 3.91. The first-order valence-electron chi connectivity index (χ1n) is 7.02. The number of anilines is 1. The summed E-state index contributed by atoms with van der Waals surface area (Å²) in [6.07, 6.45) is 0.429. The minimum atomic E-state index is 0.0615. The molecule has 0 heterocycles. The van der Waals surface area contributed by atoms with Gasteiger partial charge in [-0.15, -0.1) is 0 Å². The van der Waals surface area contributed by atoms with Crippen molar-refractivity contribution in [1.29, 1.82) is 0 Å². The van der Waals surface area contributed by atoms with E-state index >= 15 is 0 Å². The molecule has 2 rings (SSSR count). The Balaban J connectivity index is 1.91. The molecule has 0 radical (unpaired) electrons. The molecule has 110 valence electrons. The van der Waals surface area contributed by atoms with Crippen LogP contribution in [0.1, 0.15) is 18.1 Å². The highest BCUT2D eigenvalue weighted by Crippen LogP contribution is 2.18. The van der Waals surface area contributed by atoms with Gasteiger partial charge in [-0.2, -0.15) is 0 Å². The molecule has 0 saturated carbocycles. The minimum absolute atomic E-state index is 0.0615. The van der Waals surface area contributed by atoms with Crippen molar-refractivity contribution in [2.75, 3.05) is 11.9 Å². The zero-order chi connectivity index (χ0) is 15.1. The average molecular weight is 347 g/mol. The molecule has 0 atom stereocenters. The van der Waals surface area contributed by atoms with Crippen molar-refractivity contribution in [2.45, 2.75) is 19.9 Å². The number of hydrogen-bond acceptors (Lipinski definition) is 2. The van der Waals surface area contributed by atoms with Crippen molar-refractivity contribution in [1.82, 2.24) is 5.32 Å². The second-order valence-corrected chi connectivity index (χ2v) is 5.63. The van der Waals surface area contributed by atoms with Gasteiger partial charge in [-0.25, -0.2) is 0 Å². The van der Waals surface area contributed by atoms with Crippen molar-refractivity contribution in [3.8, 4) is 0 Å². The van der Waals surface area contributed by atoms with Gasteiger partial charge in [0, 0.05) is 23.2 Å². The highest BCUT2D eigenvalue weighted by Gasteiger charge is 2.02. The zero-order valence-electron chi connectivity index (χ0n) is 12.0. The second kappa shape index (κ2) is 7.84. The summed E-state index contributed by atoms with van der Waals surface area (Å²) in [4.78, 5) is 11.5. The number of carbonyl (C=O) groups is 1.